The second kappa shape index (κ2) is 13.1. The van der Waals surface area contributed by atoms with E-state index in [0.29, 0.717) is 24.5 Å². The van der Waals surface area contributed by atoms with Gasteiger partial charge in [0.05, 0.1) is 7.11 Å². The highest BCUT2D eigenvalue weighted by Gasteiger charge is 2.30. The molecule has 3 aromatic carbocycles. The summed E-state index contributed by atoms with van der Waals surface area (Å²) in [6.45, 7) is 2.39. The summed E-state index contributed by atoms with van der Waals surface area (Å²) in [6.07, 6.45) is 1.13. The first kappa shape index (κ1) is 25.7. The van der Waals surface area contributed by atoms with E-state index < -0.39 is 6.04 Å². The van der Waals surface area contributed by atoms with Gasteiger partial charge in [-0.2, -0.15) is 0 Å². The van der Waals surface area contributed by atoms with Gasteiger partial charge in [0, 0.05) is 19.5 Å². The Balaban J connectivity index is 1.89. The van der Waals surface area contributed by atoms with Crippen molar-refractivity contribution < 1.29 is 23.5 Å². The molecule has 0 bridgehead atoms. The molecule has 0 saturated carbocycles. The molecule has 0 aromatic heterocycles. The SMILES string of the molecule is CCCNC(=O)C(Cc1ccccc1)N(Cc1cccc(OC)c1)C(=O)COc1ccc(F)cc1. The van der Waals surface area contributed by atoms with Gasteiger partial charge in [0.25, 0.3) is 5.91 Å². The Hall–Kier alpha value is -3.87. The zero-order valence-corrected chi connectivity index (χ0v) is 20.1. The second-order valence-electron chi connectivity index (χ2n) is 8.11. The molecule has 6 nitrogen and oxygen atoms in total. The van der Waals surface area contributed by atoms with Crippen molar-refractivity contribution in [1.29, 1.82) is 0 Å². The van der Waals surface area contributed by atoms with Crippen molar-refractivity contribution in [2.45, 2.75) is 32.4 Å². The van der Waals surface area contributed by atoms with E-state index in [1.807, 2.05) is 61.5 Å². The summed E-state index contributed by atoms with van der Waals surface area (Å²) < 4.78 is 24.2. The molecular weight excluding hydrogens is 447 g/mol. The van der Waals surface area contributed by atoms with Crippen molar-refractivity contribution in [3.8, 4) is 11.5 Å². The van der Waals surface area contributed by atoms with E-state index in [1.165, 1.54) is 29.2 Å². The quantitative estimate of drug-likeness (QED) is 0.420. The van der Waals surface area contributed by atoms with Crippen molar-refractivity contribution in [2.75, 3.05) is 20.3 Å². The van der Waals surface area contributed by atoms with Gasteiger partial charge in [-0.3, -0.25) is 9.59 Å². The number of hydrogen-bond acceptors (Lipinski definition) is 4. The highest BCUT2D eigenvalue weighted by Crippen LogP contribution is 2.19. The largest absolute Gasteiger partial charge is 0.497 e. The number of amides is 2. The summed E-state index contributed by atoms with van der Waals surface area (Å²) in [5, 5.41) is 2.94. The van der Waals surface area contributed by atoms with Crippen LogP contribution in [0.2, 0.25) is 0 Å². The van der Waals surface area contributed by atoms with Crippen LogP contribution in [0.1, 0.15) is 24.5 Å². The van der Waals surface area contributed by atoms with E-state index >= 15 is 0 Å². The Labute approximate surface area is 205 Å². The third-order valence-electron chi connectivity index (χ3n) is 5.48. The van der Waals surface area contributed by atoms with Crippen LogP contribution in [0, 0.1) is 5.82 Å². The Morgan fingerprint density at radius 3 is 2.34 bits per heavy atom. The number of ether oxygens (including phenoxy) is 2. The van der Waals surface area contributed by atoms with Crippen molar-refractivity contribution in [3.05, 3.63) is 95.8 Å². The van der Waals surface area contributed by atoms with Crippen LogP contribution in [0.3, 0.4) is 0 Å². The number of methoxy groups -OCH3 is 1. The summed E-state index contributed by atoms with van der Waals surface area (Å²) in [4.78, 5) is 28.3. The molecule has 0 spiro atoms. The average Bonchev–Trinajstić information content (AvgIpc) is 2.89. The Bertz CT molecular complexity index is 1090. The summed E-state index contributed by atoms with van der Waals surface area (Å²) in [6, 6.07) is 21.7. The molecule has 3 aromatic rings. The van der Waals surface area contributed by atoms with Crippen LogP contribution in [0.4, 0.5) is 4.39 Å². The van der Waals surface area contributed by atoms with Crippen molar-refractivity contribution >= 4 is 11.8 Å². The minimum absolute atomic E-state index is 0.194. The van der Waals surface area contributed by atoms with Crippen molar-refractivity contribution in [3.63, 3.8) is 0 Å². The van der Waals surface area contributed by atoms with E-state index in [4.69, 9.17) is 9.47 Å². The lowest BCUT2D eigenvalue weighted by Crippen LogP contribution is -2.51. The molecule has 0 fully saturated rings. The normalized spacial score (nSPS) is 11.4. The van der Waals surface area contributed by atoms with Gasteiger partial charge in [-0.1, -0.05) is 49.4 Å². The molecule has 0 aliphatic carbocycles. The molecule has 35 heavy (non-hydrogen) atoms. The Kier molecular flexibility index (Phi) is 9.66. The van der Waals surface area contributed by atoms with Crippen LogP contribution in [-0.4, -0.2) is 43.0 Å². The molecule has 0 saturated heterocycles. The molecule has 3 rings (SSSR count). The van der Waals surface area contributed by atoms with Crippen molar-refractivity contribution in [1.82, 2.24) is 10.2 Å². The molecule has 1 N–H and O–H groups in total. The number of carbonyl (C=O) groups is 2. The van der Waals surface area contributed by atoms with Gasteiger partial charge in [0.1, 0.15) is 23.4 Å². The fourth-order valence-corrected chi connectivity index (χ4v) is 3.65. The van der Waals surface area contributed by atoms with Crippen LogP contribution in [0.15, 0.2) is 78.9 Å². The Morgan fingerprint density at radius 2 is 1.66 bits per heavy atom. The van der Waals surface area contributed by atoms with E-state index in [1.54, 1.807) is 7.11 Å². The summed E-state index contributed by atoms with van der Waals surface area (Å²) in [5.41, 5.74) is 1.76. The zero-order valence-electron chi connectivity index (χ0n) is 20.1. The van der Waals surface area contributed by atoms with E-state index in [2.05, 4.69) is 5.32 Å². The third kappa shape index (κ3) is 7.84. The van der Waals surface area contributed by atoms with Gasteiger partial charge in [-0.25, -0.2) is 4.39 Å². The summed E-state index contributed by atoms with van der Waals surface area (Å²) in [7, 11) is 1.58. The van der Waals surface area contributed by atoms with Gasteiger partial charge in [0.2, 0.25) is 5.91 Å². The summed E-state index contributed by atoms with van der Waals surface area (Å²) >= 11 is 0. The molecule has 2 amide bonds. The Morgan fingerprint density at radius 1 is 0.943 bits per heavy atom. The molecule has 0 heterocycles. The number of benzene rings is 3. The van der Waals surface area contributed by atoms with Crippen LogP contribution in [0.5, 0.6) is 11.5 Å². The number of nitrogens with zero attached hydrogens (tertiary/aromatic N) is 1. The highest BCUT2D eigenvalue weighted by atomic mass is 19.1. The van der Waals surface area contributed by atoms with Gasteiger partial charge in [-0.05, 0) is 53.9 Å². The summed E-state index contributed by atoms with van der Waals surface area (Å²) in [5.74, 6) is 0.0564. The molecule has 1 atom stereocenters. The minimum atomic E-state index is -0.750. The third-order valence-corrected chi connectivity index (χ3v) is 5.48. The maximum absolute atomic E-state index is 13.5. The average molecular weight is 479 g/mol. The van der Waals surface area contributed by atoms with Gasteiger partial charge >= 0.3 is 0 Å². The molecule has 0 radical (unpaired) electrons. The fourth-order valence-electron chi connectivity index (χ4n) is 3.65. The lowest BCUT2D eigenvalue weighted by atomic mass is 10.0. The topological polar surface area (TPSA) is 67.9 Å². The molecule has 0 aliphatic rings. The number of carbonyl (C=O) groups excluding carboxylic acids is 2. The monoisotopic (exact) mass is 478 g/mol. The first-order valence-electron chi connectivity index (χ1n) is 11.6. The molecular formula is C28H31FN2O4. The maximum atomic E-state index is 13.5. The molecule has 1 unspecified atom stereocenters. The smallest absolute Gasteiger partial charge is 0.261 e. The van der Waals surface area contributed by atoms with Crippen LogP contribution >= 0.6 is 0 Å². The van der Waals surface area contributed by atoms with E-state index in [0.717, 1.165) is 17.5 Å². The minimum Gasteiger partial charge on any atom is -0.497 e. The number of hydrogen-bond donors (Lipinski definition) is 1. The standard InChI is InChI=1S/C28H31FN2O4/c1-3-16-30-28(33)26(18-21-8-5-4-6-9-21)31(19-22-10-7-11-25(17-22)34-2)27(32)20-35-24-14-12-23(29)13-15-24/h4-15,17,26H,3,16,18-20H2,1-2H3,(H,30,33). The van der Waals surface area contributed by atoms with E-state index in [-0.39, 0.29) is 30.8 Å². The maximum Gasteiger partial charge on any atom is 0.261 e. The van der Waals surface area contributed by atoms with E-state index in [9.17, 15) is 14.0 Å². The molecule has 184 valence electrons. The number of nitrogens with one attached hydrogen (secondary N) is 1. The van der Waals surface area contributed by atoms with Crippen LogP contribution in [0.25, 0.3) is 0 Å². The fraction of sp³-hybridized carbons (Fsp3) is 0.286. The first-order valence-corrected chi connectivity index (χ1v) is 11.6. The van der Waals surface area contributed by atoms with Gasteiger partial charge in [0.15, 0.2) is 6.61 Å². The second-order valence-corrected chi connectivity index (χ2v) is 8.11. The lowest BCUT2D eigenvalue weighted by Gasteiger charge is -2.31. The van der Waals surface area contributed by atoms with Crippen LogP contribution < -0.4 is 14.8 Å². The zero-order chi connectivity index (χ0) is 25.0. The molecule has 7 heteroatoms. The van der Waals surface area contributed by atoms with Crippen LogP contribution in [-0.2, 0) is 22.6 Å². The number of halogens is 1. The first-order chi connectivity index (χ1) is 17.0. The van der Waals surface area contributed by atoms with Crippen molar-refractivity contribution in [2.24, 2.45) is 0 Å². The molecule has 0 aliphatic heterocycles. The van der Waals surface area contributed by atoms with Gasteiger partial charge < -0.3 is 19.7 Å². The predicted octanol–water partition coefficient (Wildman–Crippen LogP) is 4.38. The lowest BCUT2D eigenvalue weighted by molar-refractivity contribution is -0.142. The highest BCUT2D eigenvalue weighted by molar-refractivity contribution is 5.88. The predicted molar refractivity (Wildman–Crippen MR) is 133 cm³/mol. The number of rotatable bonds is 12. The van der Waals surface area contributed by atoms with Gasteiger partial charge in [-0.15, -0.1) is 0 Å².